The fourth-order valence-electron chi connectivity index (χ4n) is 3.34. The van der Waals surface area contributed by atoms with E-state index < -0.39 is 15.8 Å². The number of carbonyl (C=O) groups is 2. The highest BCUT2D eigenvalue weighted by Crippen LogP contribution is 2.51. The molecule has 0 aromatic heterocycles. The first-order valence-corrected chi connectivity index (χ1v) is 10.1. The quantitative estimate of drug-likeness (QED) is 0.431. The van der Waals surface area contributed by atoms with E-state index in [9.17, 15) is 14.7 Å². The van der Waals surface area contributed by atoms with Gasteiger partial charge in [-0.3, -0.25) is 14.7 Å². The van der Waals surface area contributed by atoms with Gasteiger partial charge in [0.2, 0.25) is 0 Å². The van der Waals surface area contributed by atoms with E-state index in [1.54, 1.807) is 6.08 Å². The van der Waals surface area contributed by atoms with Crippen molar-refractivity contribution in [1.29, 1.82) is 0 Å². The Balaban J connectivity index is 1.94. The Labute approximate surface area is 152 Å². The molecule has 0 radical (unpaired) electrons. The van der Waals surface area contributed by atoms with Crippen LogP contribution in [0, 0.1) is 0 Å². The van der Waals surface area contributed by atoms with Gasteiger partial charge in [-0.1, -0.05) is 28.8 Å². The molecule has 0 spiro atoms. The summed E-state index contributed by atoms with van der Waals surface area (Å²) in [4.78, 5) is 30.3. The number of fused-ring (bicyclic) bond motifs is 1. The average molecular weight is 422 g/mol. The molecule has 2 aliphatic heterocycles. The van der Waals surface area contributed by atoms with Crippen molar-refractivity contribution in [3.05, 3.63) is 11.8 Å². The second kappa shape index (κ2) is 6.76. The number of alkyl halides is 2. The maximum absolute atomic E-state index is 12.8. The molecule has 1 aliphatic carbocycles. The molecule has 0 unspecified atom stereocenters. The summed E-state index contributed by atoms with van der Waals surface area (Å²) in [6.45, 7) is 0. The third-order valence-electron chi connectivity index (χ3n) is 4.54. The minimum Gasteiger partial charge on any atom is -0.477 e. The average Bonchev–Trinajstić information content (AvgIpc) is 2.79. The Bertz CT molecular complexity index is 585. The summed E-state index contributed by atoms with van der Waals surface area (Å²) in [5.74, 6) is -0.865. The van der Waals surface area contributed by atoms with E-state index in [0.29, 0.717) is 5.75 Å². The molecule has 1 N–H and O–H groups in total. The number of hydrogen-bond donors (Lipinski definition) is 1. The predicted octanol–water partition coefficient (Wildman–Crippen LogP) is 3.36. The van der Waals surface area contributed by atoms with Gasteiger partial charge in [-0.05, 0) is 31.8 Å². The van der Waals surface area contributed by atoms with Crippen LogP contribution in [0.25, 0.3) is 0 Å². The van der Waals surface area contributed by atoms with Gasteiger partial charge in [0.05, 0.1) is 0 Å². The Morgan fingerprint density at radius 1 is 1.43 bits per heavy atom. The monoisotopic (exact) mass is 420 g/mol. The van der Waals surface area contributed by atoms with Crippen LogP contribution >= 0.6 is 39.3 Å². The molecule has 23 heavy (non-hydrogen) atoms. The third-order valence-corrected chi connectivity index (χ3v) is 6.81. The van der Waals surface area contributed by atoms with E-state index in [1.807, 2.05) is 0 Å². The highest BCUT2D eigenvalue weighted by Gasteiger charge is 2.67. The number of amides is 1. The molecule has 3 rings (SSSR count). The zero-order valence-electron chi connectivity index (χ0n) is 12.5. The molecule has 1 saturated heterocycles. The molecular formula is C15H18BrClN2O3S. The summed E-state index contributed by atoms with van der Waals surface area (Å²) in [6, 6.07) is 0. The Hall–Kier alpha value is -0.530. The molecule has 1 amide bonds. The fraction of sp³-hybridized carbons (Fsp3) is 0.667. The highest BCUT2D eigenvalue weighted by atomic mass is 79.9. The lowest BCUT2D eigenvalue weighted by molar-refractivity contribution is -0.153. The summed E-state index contributed by atoms with van der Waals surface area (Å²) >= 11 is 11.2. The van der Waals surface area contributed by atoms with E-state index in [1.165, 1.54) is 29.5 Å². The number of aliphatic imine (C=N–C) groups is 1. The second-order valence-electron chi connectivity index (χ2n) is 5.97. The van der Waals surface area contributed by atoms with Crippen LogP contribution in [0.1, 0.15) is 38.5 Å². The minimum absolute atomic E-state index is 0.0419. The minimum atomic E-state index is -1.10. The first kappa shape index (κ1) is 17.3. The van der Waals surface area contributed by atoms with Crippen LogP contribution in [0.15, 0.2) is 16.8 Å². The molecule has 2 fully saturated rings. The van der Waals surface area contributed by atoms with Crippen molar-refractivity contribution in [2.75, 3.05) is 5.75 Å². The topological polar surface area (TPSA) is 70.0 Å². The van der Waals surface area contributed by atoms with Gasteiger partial charge < -0.3 is 5.11 Å². The summed E-state index contributed by atoms with van der Waals surface area (Å²) < 4.78 is -0.653. The number of aliphatic carboxylic acids is 1. The van der Waals surface area contributed by atoms with Gasteiger partial charge in [-0.15, -0.1) is 23.4 Å². The van der Waals surface area contributed by atoms with Crippen molar-refractivity contribution >= 4 is 56.9 Å². The maximum atomic E-state index is 12.8. The van der Waals surface area contributed by atoms with Crippen LogP contribution in [0.4, 0.5) is 0 Å². The van der Waals surface area contributed by atoms with Crippen molar-refractivity contribution in [3.8, 4) is 0 Å². The van der Waals surface area contributed by atoms with Crippen molar-refractivity contribution in [2.45, 2.75) is 53.7 Å². The van der Waals surface area contributed by atoms with Crippen molar-refractivity contribution in [1.82, 2.24) is 4.90 Å². The zero-order valence-corrected chi connectivity index (χ0v) is 15.7. The molecule has 126 valence electrons. The number of hydrogen-bond acceptors (Lipinski definition) is 4. The third kappa shape index (κ3) is 2.85. The van der Waals surface area contributed by atoms with Crippen molar-refractivity contribution in [2.24, 2.45) is 4.99 Å². The van der Waals surface area contributed by atoms with Gasteiger partial charge in [0.25, 0.3) is 5.91 Å². The van der Waals surface area contributed by atoms with Gasteiger partial charge in [0.15, 0.2) is 5.54 Å². The maximum Gasteiger partial charge on any atom is 0.352 e. The van der Waals surface area contributed by atoms with Crippen LogP contribution in [0.3, 0.4) is 0 Å². The number of thioether (sulfide) groups is 1. The normalized spacial score (nSPS) is 32.3. The number of carboxylic acid groups (broad SMARTS) is 1. The molecule has 8 heteroatoms. The molecule has 0 aromatic rings. The van der Waals surface area contributed by atoms with E-state index in [0.717, 1.165) is 31.4 Å². The molecule has 2 heterocycles. The van der Waals surface area contributed by atoms with Gasteiger partial charge in [0.1, 0.15) is 15.4 Å². The van der Waals surface area contributed by atoms with E-state index in [4.69, 9.17) is 16.6 Å². The van der Waals surface area contributed by atoms with Crippen LogP contribution < -0.4 is 0 Å². The van der Waals surface area contributed by atoms with Gasteiger partial charge in [-0.2, -0.15) is 0 Å². The number of rotatable bonds is 3. The molecule has 0 bridgehead atoms. The molecule has 1 saturated carbocycles. The molecule has 0 aromatic carbocycles. The lowest BCUT2D eigenvalue weighted by Crippen LogP contribution is -2.75. The number of nitrogens with zero attached hydrogens (tertiary/aromatic N) is 2. The lowest BCUT2D eigenvalue weighted by Gasteiger charge is -2.55. The summed E-state index contributed by atoms with van der Waals surface area (Å²) in [5, 5.41) is 8.94. The van der Waals surface area contributed by atoms with Crippen LogP contribution in [-0.4, -0.2) is 48.5 Å². The molecular weight excluding hydrogens is 404 g/mol. The SMILES string of the molecule is O=C(O)C1=CCS[C@@H]2N1C(=O)[C@]2(N=C1CCCCCC1)[C@H](Cl)Br. The number of carbonyl (C=O) groups excluding carboxylic acids is 1. The number of carboxylic acids is 1. The largest absolute Gasteiger partial charge is 0.477 e. The van der Waals surface area contributed by atoms with Gasteiger partial charge >= 0.3 is 5.97 Å². The van der Waals surface area contributed by atoms with Crippen LogP contribution in [-0.2, 0) is 9.59 Å². The van der Waals surface area contributed by atoms with Crippen molar-refractivity contribution in [3.63, 3.8) is 0 Å². The standard InChI is InChI=1S/C15H18BrClN2O3S/c16-12(17)15(18-9-5-3-1-2-4-6-9)13(22)19-10(11(20)21)7-8-23-14(15)19/h7,12,14H,1-6,8H2,(H,20,21)/t12-,14-,15+/m0/s1. The van der Waals surface area contributed by atoms with E-state index >= 15 is 0 Å². The summed E-state index contributed by atoms with van der Waals surface area (Å²) in [6.07, 6.45) is 7.90. The predicted molar refractivity (Wildman–Crippen MR) is 95.2 cm³/mol. The Kier molecular flexibility index (Phi) is 5.09. The van der Waals surface area contributed by atoms with Gasteiger partial charge in [0, 0.05) is 11.5 Å². The van der Waals surface area contributed by atoms with Crippen LogP contribution in [0.2, 0.25) is 0 Å². The van der Waals surface area contributed by atoms with Gasteiger partial charge in [-0.25, -0.2) is 4.79 Å². The Morgan fingerprint density at radius 3 is 2.65 bits per heavy atom. The Morgan fingerprint density at radius 2 is 2.09 bits per heavy atom. The summed E-state index contributed by atoms with van der Waals surface area (Å²) in [5.41, 5.74) is -0.0196. The zero-order chi connectivity index (χ0) is 16.6. The fourth-order valence-corrected chi connectivity index (χ4v) is 5.74. The van der Waals surface area contributed by atoms with Crippen molar-refractivity contribution < 1.29 is 14.7 Å². The van der Waals surface area contributed by atoms with Crippen LogP contribution in [0.5, 0.6) is 0 Å². The number of β-lactam (4-membered cyclic amide) rings is 1. The molecule has 5 nitrogen and oxygen atoms in total. The summed E-state index contributed by atoms with van der Waals surface area (Å²) in [7, 11) is 0. The smallest absolute Gasteiger partial charge is 0.352 e. The van der Waals surface area contributed by atoms with E-state index in [2.05, 4.69) is 15.9 Å². The molecule has 3 aliphatic rings. The lowest BCUT2D eigenvalue weighted by atomic mass is 9.88. The molecule has 3 atom stereocenters. The second-order valence-corrected chi connectivity index (χ2v) is 8.97. The highest BCUT2D eigenvalue weighted by molar-refractivity contribution is 9.10. The first-order chi connectivity index (χ1) is 11.0. The first-order valence-electron chi connectivity index (χ1n) is 7.73. The number of halogens is 2. The van der Waals surface area contributed by atoms with E-state index in [-0.39, 0.29) is 17.0 Å².